The molecule has 0 bridgehead atoms. The van der Waals surface area contributed by atoms with E-state index < -0.39 is 5.97 Å². The maximum Gasteiger partial charge on any atom is 0.337 e. The Balaban J connectivity index is 0.000000354. The Morgan fingerprint density at radius 3 is 2.42 bits per heavy atom. The third kappa shape index (κ3) is 4.40. The van der Waals surface area contributed by atoms with E-state index in [4.69, 9.17) is 5.11 Å². The molecule has 4 nitrogen and oxygen atoms in total. The van der Waals surface area contributed by atoms with Gasteiger partial charge in [-0.3, -0.25) is 4.98 Å². The van der Waals surface area contributed by atoms with Crippen molar-refractivity contribution >= 4 is 5.97 Å². The number of pyridine rings is 1. The van der Waals surface area contributed by atoms with Gasteiger partial charge in [-0.2, -0.15) is 0 Å². The predicted molar refractivity (Wildman–Crippen MR) is 44.1 cm³/mol. The van der Waals surface area contributed by atoms with Crippen molar-refractivity contribution in [3.05, 3.63) is 30.1 Å². The highest BCUT2D eigenvalue weighted by atomic mass is 16.4. The van der Waals surface area contributed by atoms with E-state index in [1.807, 2.05) is 0 Å². The molecule has 1 rings (SSSR count). The molecule has 0 fully saturated rings. The van der Waals surface area contributed by atoms with Gasteiger partial charge in [0.15, 0.2) is 0 Å². The average molecular weight is 169 g/mol. The molecule has 0 aliphatic carbocycles. The van der Waals surface area contributed by atoms with E-state index >= 15 is 0 Å². The van der Waals surface area contributed by atoms with E-state index in [0.717, 1.165) is 0 Å². The number of carboxylic acids is 1. The number of carboxylic acid groups (broad SMARTS) is 1. The zero-order chi connectivity index (χ0) is 9.40. The van der Waals surface area contributed by atoms with Crippen molar-refractivity contribution in [2.75, 3.05) is 14.2 Å². The second kappa shape index (κ2) is 6.30. The molecular formula is C8H11NO3. The van der Waals surface area contributed by atoms with Crippen LogP contribution in [-0.4, -0.2) is 30.3 Å². The second-order valence-corrected chi connectivity index (χ2v) is 1.96. The minimum absolute atomic E-state index is 0.220. The number of rotatable bonds is 1. The lowest BCUT2D eigenvalue weighted by Crippen LogP contribution is -1.94. The summed E-state index contributed by atoms with van der Waals surface area (Å²) in [6, 6.07) is 3.08. The summed E-state index contributed by atoms with van der Waals surface area (Å²) in [5.74, 6) is -0.942. The lowest BCUT2D eigenvalue weighted by molar-refractivity contribution is 0.0696. The quantitative estimate of drug-likeness (QED) is 0.682. The summed E-state index contributed by atoms with van der Waals surface area (Å²) in [5, 5.41) is 8.34. The Morgan fingerprint density at radius 2 is 2.17 bits per heavy atom. The normalized spacial score (nSPS) is 8.17. The van der Waals surface area contributed by atoms with Gasteiger partial charge in [0.2, 0.25) is 0 Å². The number of ether oxygens (including phenoxy) is 1. The second-order valence-electron chi connectivity index (χ2n) is 1.96. The van der Waals surface area contributed by atoms with Crippen molar-refractivity contribution in [2.45, 2.75) is 0 Å². The van der Waals surface area contributed by atoms with Crippen LogP contribution in [0.4, 0.5) is 0 Å². The minimum Gasteiger partial charge on any atom is -0.478 e. The van der Waals surface area contributed by atoms with Crippen molar-refractivity contribution < 1.29 is 14.6 Å². The van der Waals surface area contributed by atoms with Crippen LogP contribution in [0.5, 0.6) is 0 Å². The highest BCUT2D eigenvalue weighted by Gasteiger charge is 1.97. The number of nitrogens with zero attached hydrogens (tertiary/aromatic N) is 1. The van der Waals surface area contributed by atoms with Crippen LogP contribution in [0.2, 0.25) is 0 Å². The molecule has 0 amide bonds. The van der Waals surface area contributed by atoms with Crippen molar-refractivity contribution in [3.63, 3.8) is 0 Å². The largest absolute Gasteiger partial charge is 0.478 e. The molecule has 0 spiro atoms. The molecule has 0 unspecified atom stereocenters. The van der Waals surface area contributed by atoms with E-state index in [2.05, 4.69) is 9.72 Å². The lowest BCUT2D eigenvalue weighted by Gasteiger charge is -1.87. The monoisotopic (exact) mass is 169 g/mol. The molecule has 0 radical (unpaired) electrons. The molecular weight excluding hydrogens is 158 g/mol. The number of methoxy groups -OCH3 is 1. The van der Waals surface area contributed by atoms with Gasteiger partial charge in [-0.05, 0) is 12.1 Å². The number of hydrogen-bond acceptors (Lipinski definition) is 3. The molecule has 0 aliphatic heterocycles. The first-order valence-electron chi connectivity index (χ1n) is 3.25. The molecule has 0 aliphatic rings. The van der Waals surface area contributed by atoms with Gasteiger partial charge in [-0.15, -0.1) is 0 Å². The molecule has 1 aromatic rings. The van der Waals surface area contributed by atoms with Gasteiger partial charge in [-0.25, -0.2) is 4.79 Å². The molecule has 1 heterocycles. The van der Waals surface area contributed by atoms with Gasteiger partial charge in [0, 0.05) is 26.6 Å². The maximum absolute atomic E-state index is 10.2. The van der Waals surface area contributed by atoms with Crippen LogP contribution < -0.4 is 0 Å². The van der Waals surface area contributed by atoms with E-state index in [9.17, 15) is 4.79 Å². The third-order valence-electron chi connectivity index (χ3n) is 0.908. The van der Waals surface area contributed by atoms with E-state index in [0.29, 0.717) is 0 Å². The number of aromatic nitrogens is 1. The molecule has 0 saturated heterocycles. The smallest absolute Gasteiger partial charge is 0.337 e. The fourth-order valence-corrected chi connectivity index (χ4v) is 0.489. The third-order valence-corrected chi connectivity index (χ3v) is 0.908. The van der Waals surface area contributed by atoms with Gasteiger partial charge in [-0.1, -0.05) is 0 Å². The summed E-state index contributed by atoms with van der Waals surface area (Å²) in [4.78, 5) is 13.8. The highest BCUT2D eigenvalue weighted by molar-refractivity contribution is 5.86. The van der Waals surface area contributed by atoms with Gasteiger partial charge < -0.3 is 9.84 Å². The van der Waals surface area contributed by atoms with E-state index in [1.165, 1.54) is 18.5 Å². The van der Waals surface area contributed by atoms with E-state index in [1.54, 1.807) is 20.3 Å². The van der Waals surface area contributed by atoms with Crippen LogP contribution in [0, 0.1) is 0 Å². The Morgan fingerprint density at radius 1 is 1.58 bits per heavy atom. The average Bonchev–Trinajstić information content (AvgIpc) is 2.07. The van der Waals surface area contributed by atoms with Crippen LogP contribution in [0.15, 0.2) is 24.5 Å². The lowest BCUT2D eigenvalue weighted by atomic mass is 10.3. The molecule has 0 saturated carbocycles. The molecule has 66 valence electrons. The van der Waals surface area contributed by atoms with Crippen LogP contribution >= 0.6 is 0 Å². The molecule has 0 atom stereocenters. The summed E-state index contributed by atoms with van der Waals surface area (Å²) in [6.45, 7) is 0. The van der Waals surface area contributed by atoms with Crippen molar-refractivity contribution in [3.8, 4) is 0 Å². The highest BCUT2D eigenvalue weighted by Crippen LogP contribution is 1.92. The van der Waals surface area contributed by atoms with E-state index in [-0.39, 0.29) is 5.56 Å². The summed E-state index contributed by atoms with van der Waals surface area (Å²) in [7, 11) is 3.25. The van der Waals surface area contributed by atoms with Gasteiger partial charge in [0.1, 0.15) is 0 Å². The zero-order valence-electron chi connectivity index (χ0n) is 7.02. The molecule has 0 aromatic carbocycles. The Labute approximate surface area is 70.8 Å². The number of aromatic carboxylic acids is 1. The molecule has 4 heteroatoms. The van der Waals surface area contributed by atoms with Crippen LogP contribution in [0.25, 0.3) is 0 Å². The Bertz CT molecular complexity index is 223. The first-order valence-corrected chi connectivity index (χ1v) is 3.25. The molecule has 1 N–H and O–H groups in total. The first kappa shape index (κ1) is 10.6. The summed E-state index contributed by atoms with van der Waals surface area (Å²) < 4.78 is 4.25. The Kier molecular flexibility index (Phi) is 5.55. The predicted octanol–water partition coefficient (Wildman–Crippen LogP) is 1.04. The molecule has 1 aromatic heterocycles. The standard InChI is InChI=1S/C6H5NO2.C2H6O/c8-6(9)5-2-1-3-7-4-5;1-3-2/h1-4H,(H,8,9);1-2H3. The topological polar surface area (TPSA) is 59.4 Å². The van der Waals surface area contributed by atoms with Gasteiger partial charge in [0.25, 0.3) is 0 Å². The summed E-state index contributed by atoms with van der Waals surface area (Å²) in [6.07, 6.45) is 2.84. The summed E-state index contributed by atoms with van der Waals surface area (Å²) >= 11 is 0. The van der Waals surface area contributed by atoms with Crippen molar-refractivity contribution in [2.24, 2.45) is 0 Å². The summed E-state index contributed by atoms with van der Waals surface area (Å²) in [5.41, 5.74) is 0.220. The number of carbonyl (C=O) groups is 1. The maximum atomic E-state index is 10.2. The van der Waals surface area contributed by atoms with Crippen LogP contribution in [-0.2, 0) is 4.74 Å². The van der Waals surface area contributed by atoms with Crippen molar-refractivity contribution in [1.82, 2.24) is 4.98 Å². The SMILES string of the molecule is COC.O=C(O)c1cccnc1. The first-order chi connectivity index (χ1) is 5.72. The van der Waals surface area contributed by atoms with Crippen molar-refractivity contribution in [1.29, 1.82) is 0 Å². The minimum atomic E-state index is -0.942. The zero-order valence-corrected chi connectivity index (χ0v) is 7.02. The fourth-order valence-electron chi connectivity index (χ4n) is 0.489. The Hall–Kier alpha value is -1.42. The van der Waals surface area contributed by atoms with Gasteiger partial charge >= 0.3 is 5.97 Å². The number of hydrogen-bond donors (Lipinski definition) is 1. The van der Waals surface area contributed by atoms with Crippen LogP contribution in [0.3, 0.4) is 0 Å². The fraction of sp³-hybridized carbons (Fsp3) is 0.250. The van der Waals surface area contributed by atoms with Crippen LogP contribution in [0.1, 0.15) is 10.4 Å². The molecule has 12 heavy (non-hydrogen) atoms. The van der Waals surface area contributed by atoms with Gasteiger partial charge in [0.05, 0.1) is 5.56 Å².